The maximum Gasteiger partial charge on any atom is 0.252 e. The molecule has 0 aliphatic carbocycles. The van der Waals surface area contributed by atoms with Gasteiger partial charge in [0.25, 0.3) is 5.24 Å². The highest BCUT2D eigenvalue weighted by molar-refractivity contribution is 6.67. The maximum atomic E-state index is 11.0. The monoisotopic (exact) mass is 324 g/mol. The lowest BCUT2D eigenvalue weighted by atomic mass is 10.1. The molecule has 1 heterocycles. The average molecular weight is 326 g/mol. The molecule has 3 rings (SSSR count). The van der Waals surface area contributed by atoms with Crippen molar-refractivity contribution in [3.63, 3.8) is 0 Å². The Kier molecular flexibility index (Phi) is 3.42. The highest BCUT2D eigenvalue weighted by Crippen LogP contribution is 2.28. The second-order valence-electron chi connectivity index (χ2n) is 4.22. The topological polar surface area (TPSA) is 45.8 Å². The zero-order chi connectivity index (χ0) is 14.3. The molecule has 6 heteroatoms. The molecule has 0 fully saturated rings. The molecule has 0 aliphatic rings. The van der Waals surface area contributed by atoms with E-state index in [9.17, 15) is 4.79 Å². The molecule has 3 nitrogen and oxygen atoms in total. The summed E-state index contributed by atoms with van der Waals surface area (Å²) in [5.41, 5.74) is 2.81. The van der Waals surface area contributed by atoms with Gasteiger partial charge in [0, 0.05) is 11.1 Å². The molecule has 0 spiro atoms. The van der Waals surface area contributed by atoms with E-state index < -0.39 is 5.24 Å². The van der Waals surface area contributed by atoms with Crippen LogP contribution in [0.2, 0.25) is 10.0 Å². The van der Waals surface area contributed by atoms with Crippen LogP contribution in [0.25, 0.3) is 22.4 Å². The largest absolute Gasteiger partial charge is 0.338 e. The van der Waals surface area contributed by atoms with E-state index in [2.05, 4.69) is 9.97 Å². The number of hydrogen-bond donors (Lipinski definition) is 1. The molecule has 3 aromatic rings. The van der Waals surface area contributed by atoms with E-state index in [4.69, 9.17) is 34.8 Å². The number of imidazole rings is 1. The number of H-pyrrole nitrogens is 1. The van der Waals surface area contributed by atoms with Crippen molar-refractivity contribution >= 4 is 51.1 Å². The Morgan fingerprint density at radius 2 is 1.70 bits per heavy atom. The summed E-state index contributed by atoms with van der Waals surface area (Å²) in [6.45, 7) is 0. The summed E-state index contributed by atoms with van der Waals surface area (Å²) >= 11 is 17.3. The van der Waals surface area contributed by atoms with Crippen molar-refractivity contribution < 1.29 is 4.79 Å². The van der Waals surface area contributed by atoms with Crippen LogP contribution in [0, 0.1) is 0 Å². The zero-order valence-corrected chi connectivity index (χ0v) is 12.2. The maximum absolute atomic E-state index is 11.0. The van der Waals surface area contributed by atoms with Gasteiger partial charge in [-0.1, -0.05) is 35.3 Å². The van der Waals surface area contributed by atoms with Gasteiger partial charge < -0.3 is 4.98 Å². The number of aromatic nitrogens is 2. The van der Waals surface area contributed by atoms with Gasteiger partial charge in [0.2, 0.25) is 0 Å². The molecule has 1 N–H and O–H groups in total. The minimum Gasteiger partial charge on any atom is -0.338 e. The summed E-state index contributed by atoms with van der Waals surface area (Å²) in [6.07, 6.45) is 0. The predicted octanol–water partition coefficient (Wildman–Crippen LogP) is 4.92. The second-order valence-corrected chi connectivity index (χ2v) is 5.38. The van der Waals surface area contributed by atoms with Crippen molar-refractivity contribution in [2.75, 3.05) is 0 Å². The molecule has 0 bridgehead atoms. The van der Waals surface area contributed by atoms with Crippen molar-refractivity contribution in [3.8, 4) is 11.4 Å². The smallest absolute Gasteiger partial charge is 0.252 e. The number of carbonyl (C=O) groups excluding carboxylic acids is 1. The van der Waals surface area contributed by atoms with Gasteiger partial charge in [-0.3, -0.25) is 4.79 Å². The zero-order valence-electron chi connectivity index (χ0n) is 9.95. The predicted molar refractivity (Wildman–Crippen MR) is 81.7 cm³/mol. The quantitative estimate of drug-likeness (QED) is 0.680. The van der Waals surface area contributed by atoms with Gasteiger partial charge in [0.05, 0.1) is 21.1 Å². The van der Waals surface area contributed by atoms with E-state index in [-0.39, 0.29) is 0 Å². The SMILES string of the molecule is O=C(Cl)c1ccc(-c2nc3cc(Cl)c(Cl)cc3[nH]2)cc1. The molecule has 20 heavy (non-hydrogen) atoms. The molecule has 0 amide bonds. The molecule has 0 radical (unpaired) electrons. The molecule has 100 valence electrons. The lowest BCUT2D eigenvalue weighted by molar-refractivity contribution is 0.108. The van der Waals surface area contributed by atoms with Crippen molar-refractivity contribution in [1.29, 1.82) is 0 Å². The van der Waals surface area contributed by atoms with Gasteiger partial charge >= 0.3 is 0 Å². The fourth-order valence-corrected chi connectivity index (χ4v) is 2.35. The number of nitrogens with zero attached hydrogens (tertiary/aromatic N) is 1. The summed E-state index contributed by atoms with van der Waals surface area (Å²) < 4.78 is 0. The highest BCUT2D eigenvalue weighted by atomic mass is 35.5. The number of fused-ring (bicyclic) bond motifs is 1. The van der Waals surface area contributed by atoms with E-state index >= 15 is 0 Å². The van der Waals surface area contributed by atoms with Crippen LogP contribution in [-0.2, 0) is 0 Å². The molecular formula is C14H7Cl3N2O. The summed E-state index contributed by atoms with van der Waals surface area (Å²) in [6, 6.07) is 10.3. The molecule has 0 saturated carbocycles. The Morgan fingerprint density at radius 1 is 1.05 bits per heavy atom. The van der Waals surface area contributed by atoms with Crippen LogP contribution in [0.3, 0.4) is 0 Å². The van der Waals surface area contributed by atoms with Crippen molar-refractivity contribution in [1.82, 2.24) is 9.97 Å². The number of hydrogen-bond acceptors (Lipinski definition) is 2. The average Bonchev–Trinajstić information content (AvgIpc) is 2.82. The molecule has 0 aliphatic heterocycles. The molecule has 1 aromatic heterocycles. The standard InChI is InChI=1S/C14H7Cl3N2O/c15-9-5-11-12(6-10(9)16)19-14(18-11)8-3-1-7(2-4-8)13(17)20/h1-6H,(H,18,19). The lowest BCUT2D eigenvalue weighted by Crippen LogP contribution is -1.88. The Bertz CT molecular complexity index is 770. The first kappa shape index (κ1) is 13.4. The van der Waals surface area contributed by atoms with Crippen LogP contribution in [0.5, 0.6) is 0 Å². The van der Waals surface area contributed by atoms with Crippen LogP contribution in [0.1, 0.15) is 10.4 Å². The van der Waals surface area contributed by atoms with Gasteiger partial charge in [0.1, 0.15) is 5.82 Å². The summed E-state index contributed by atoms with van der Waals surface area (Å²) in [7, 11) is 0. The third kappa shape index (κ3) is 2.40. The molecule has 0 saturated heterocycles. The third-order valence-corrected chi connectivity index (χ3v) is 3.85. The van der Waals surface area contributed by atoms with Crippen molar-refractivity contribution in [2.24, 2.45) is 0 Å². The Labute approximate surface area is 129 Å². The van der Waals surface area contributed by atoms with Crippen molar-refractivity contribution in [2.45, 2.75) is 0 Å². The fraction of sp³-hybridized carbons (Fsp3) is 0. The van der Waals surface area contributed by atoms with E-state index in [1.165, 1.54) is 0 Å². The van der Waals surface area contributed by atoms with Gasteiger partial charge in [0.15, 0.2) is 0 Å². The van der Waals surface area contributed by atoms with E-state index in [0.717, 1.165) is 16.6 Å². The van der Waals surface area contributed by atoms with E-state index in [1.807, 2.05) is 0 Å². The summed E-state index contributed by atoms with van der Waals surface area (Å²) in [5, 5.41) is 0.442. The number of aromatic amines is 1. The minimum absolute atomic E-state index is 0.442. The first-order valence-corrected chi connectivity index (χ1v) is 6.83. The Balaban J connectivity index is 2.07. The number of carbonyl (C=O) groups is 1. The molecule has 2 aromatic carbocycles. The van der Waals surface area contributed by atoms with Crippen LogP contribution < -0.4 is 0 Å². The Morgan fingerprint density at radius 3 is 2.35 bits per heavy atom. The highest BCUT2D eigenvalue weighted by Gasteiger charge is 2.09. The van der Waals surface area contributed by atoms with Gasteiger partial charge in [-0.05, 0) is 35.9 Å². The van der Waals surface area contributed by atoms with Gasteiger partial charge in [-0.25, -0.2) is 4.98 Å². The lowest BCUT2D eigenvalue weighted by Gasteiger charge is -1.97. The van der Waals surface area contributed by atoms with E-state index in [0.29, 0.717) is 21.4 Å². The van der Waals surface area contributed by atoms with Crippen LogP contribution in [-0.4, -0.2) is 15.2 Å². The van der Waals surface area contributed by atoms with Crippen LogP contribution in [0.15, 0.2) is 36.4 Å². The molecule has 0 atom stereocenters. The minimum atomic E-state index is -0.486. The van der Waals surface area contributed by atoms with Gasteiger partial charge in [-0.15, -0.1) is 0 Å². The molecule has 0 unspecified atom stereocenters. The van der Waals surface area contributed by atoms with Crippen LogP contribution in [0.4, 0.5) is 0 Å². The second kappa shape index (κ2) is 5.09. The fourth-order valence-electron chi connectivity index (χ4n) is 1.90. The first-order chi connectivity index (χ1) is 9.54. The Hall–Kier alpha value is -1.55. The third-order valence-electron chi connectivity index (χ3n) is 2.91. The number of halogens is 3. The summed E-state index contributed by atoms with van der Waals surface area (Å²) in [5.74, 6) is 0.673. The summed E-state index contributed by atoms with van der Waals surface area (Å²) in [4.78, 5) is 18.6. The van der Waals surface area contributed by atoms with E-state index in [1.54, 1.807) is 36.4 Å². The van der Waals surface area contributed by atoms with Crippen molar-refractivity contribution in [3.05, 3.63) is 52.0 Å². The number of rotatable bonds is 2. The number of nitrogens with one attached hydrogen (secondary N) is 1. The molecular weight excluding hydrogens is 319 g/mol. The normalized spacial score (nSPS) is 10.9. The number of benzene rings is 2. The van der Waals surface area contributed by atoms with Gasteiger partial charge in [-0.2, -0.15) is 0 Å². The van der Waals surface area contributed by atoms with Crippen LogP contribution >= 0.6 is 34.8 Å². The first-order valence-electron chi connectivity index (χ1n) is 5.69.